The van der Waals surface area contributed by atoms with Crippen LogP contribution in [0.1, 0.15) is 32.8 Å². The second-order valence-electron chi connectivity index (χ2n) is 5.75. The smallest absolute Gasteiger partial charge is 0.0445 e. The summed E-state index contributed by atoms with van der Waals surface area (Å²) in [5.41, 5.74) is 2.65. The summed E-state index contributed by atoms with van der Waals surface area (Å²) in [7, 11) is 1.99. The van der Waals surface area contributed by atoms with Gasteiger partial charge in [0.2, 0.25) is 0 Å². The SMILES string of the molecule is CNCc1cnccc1N1CC(C)CC(C)C1C. The molecule has 1 N–H and O–H groups in total. The molecule has 0 bridgehead atoms. The first-order valence-electron chi connectivity index (χ1n) is 6.97. The lowest BCUT2D eigenvalue weighted by atomic mass is 9.85. The Kier molecular flexibility index (Phi) is 4.23. The molecule has 1 aromatic rings. The van der Waals surface area contributed by atoms with E-state index in [-0.39, 0.29) is 0 Å². The van der Waals surface area contributed by atoms with Gasteiger partial charge in [-0.05, 0) is 38.3 Å². The first-order chi connectivity index (χ1) is 8.63. The van der Waals surface area contributed by atoms with Gasteiger partial charge in [-0.1, -0.05) is 13.8 Å². The van der Waals surface area contributed by atoms with E-state index >= 15 is 0 Å². The van der Waals surface area contributed by atoms with Crippen LogP contribution in [0.25, 0.3) is 0 Å². The van der Waals surface area contributed by atoms with Gasteiger partial charge in [-0.2, -0.15) is 0 Å². The van der Waals surface area contributed by atoms with Gasteiger partial charge in [0.1, 0.15) is 0 Å². The molecule has 0 saturated carbocycles. The van der Waals surface area contributed by atoms with Gasteiger partial charge in [-0.15, -0.1) is 0 Å². The number of hydrogen-bond acceptors (Lipinski definition) is 3. The second kappa shape index (κ2) is 5.70. The summed E-state index contributed by atoms with van der Waals surface area (Å²) >= 11 is 0. The third-order valence-corrected chi connectivity index (χ3v) is 4.15. The molecule has 18 heavy (non-hydrogen) atoms. The van der Waals surface area contributed by atoms with Crippen molar-refractivity contribution in [1.82, 2.24) is 10.3 Å². The van der Waals surface area contributed by atoms with Crippen molar-refractivity contribution >= 4 is 5.69 Å². The summed E-state index contributed by atoms with van der Waals surface area (Å²) in [6, 6.07) is 2.77. The van der Waals surface area contributed by atoms with Crippen molar-refractivity contribution in [3.8, 4) is 0 Å². The number of rotatable bonds is 3. The fourth-order valence-electron chi connectivity index (χ4n) is 3.06. The Labute approximate surface area is 111 Å². The molecule has 0 aliphatic carbocycles. The number of hydrogen-bond donors (Lipinski definition) is 1. The normalized spacial score (nSPS) is 28.4. The van der Waals surface area contributed by atoms with E-state index in [1.807, 2.05) is 19.4 Å². The van der Waals surface area contributed by atoms with Gasteiger partial charge in [0.15, 0.2) is 0 Å². The third-order valence-electron chi connectivity index (χ3n) is 4.15. The number of anilines is 1. The molecule has 2 rings (SSSR count). The van der Waals surface area contributed by atoms with Crippen LogP contribution in [-0.4, -0.2) is 24.6 Å². The summed E-state index contributed by atoms with van der Waals surface area (Å²) in [5.74, 6) is 1.52. The lowest BCUT2D eigenvalue weighted by Gasteiger charge is -2.43. The van der Waals surface area contributed by atoms with Crippen molar-refractivity contribution in [2.75, 3.05) is 18.5 Å². The molecule has 1 aliphatic rings. The van der Waals surface area contributed by atoms with Crippen molar-refractivity contribution in [3.05, 3.63) is 24.0 Å². The lowest BCUT2D eigenvalue weighted by molar-refractivity contribution is 0.296. The maximum absolute atomic E-state index is 4.26. The summed E-state index contributed by atoms with van der Waals surface area (Å²) in [6.07, 6.45) is 5.23. The molecule has 0 radical (unpaired) electrons. The van der Waals surface area contributed by atoms with E-state index in [2.05, 4.69) is 42.0 Å². The molecule has 3 nitrogen and oxygen atoms in total. The highest BCUT2D eigenvalue weighted by Crippen LogP contribution is 2.32. The molecular formula is C15H25N3. The van der Waals surface area contributed by atoms with Crippen LogP contribution in [-0.2, 0) is 6.54 Å². The predicted octanol–water partition coefficient (Wildman–Crippen LogP) is 2.67. The van der Waals surface area contributed by atoms with Gasteiger partial charge >= 0.3 is 0 Å². The Morgan fingerprint density at radius 2 is 2.17 bits per heavy atom. The minimum absolute atomic E-state index is 0.610. The van der Waals surface area contributed by atoms with Gasteiger partial charge in [0, 0.05) is 42.8 Å². The van der Waals surface area contributed by atoms with Crippen molar-refractivity contribution in [2.24, 2.45) is 11.8 Å². The Bertz CT molecular complexity index is 391. The standard InChI is InChI=1S/C15H25N3/c1-11-7-12(2)13(3)18(10-11)15-5-6-17-9-14(15)8-16-4/h5-6,9,11-13,16H,7-8,10H2,1-4H3. The molecule has 3 unspecified atom stereocenters. The molecule has 1 aromatic heterocycles. The van der Waals surface area contributed by atoms with E-state index in [1.54, 1.807) is 0 Å². The monoisotopic (exact) mass is 247 g/mol. The first-order valence-corrected chi connectivity index (χ1v) is 6.97. The molecule has 0 aromatic carbocycles. The van der Waals surface area contributed by atoms with Crippen molar-refractivity contribution < 1.29 is 0 Å². The van der Waals surface area contributed by atoms with Crippen LogP contribution in [0.5, 0.6) is 0 Å². The average molecular weight is 247 g/mol. The summed E-state index contributed by atoms with van der Waals surface area (Å²) in [4.78, 5) is 6.82. The highest BCUT2D eigenvalue weighted by Gasteiger charge is 2.29. The summed E-state index contributed by atoms with van der Waals surface area (Å²) < 4.78 is 0. The molecule has 100 valence electrons. The van der Waals surface area contributed by atoms with E-state index in [1.165, 1.54) is 17.7 Å². The molecule has 0 amide bonds. The Balaban J connectivity index is 2.28. The summed E-state index contributed by atoms with van der Waals surface area (Å²) in [6.45, 7) is 9.11. The van der Waals surface area contributed by atoms with Gasteiger partial charge in [-0.3, -0.25) is 4.98 Å². The average Bonchev–Trinajstić information content (AvgIpc) is 2.35. The minimum atomic E-state index is 0.610. The van der Waals surface area contributed by atoms with E-state index in [0.29, 0.717) is 6.04 Å². The molecule has 3 atom stereocenters. The van der Waals surface area contributed by atoms with Crippen molar-refractivity contribution in [1.29, 1.82) is 0 Å². The third kappa shape index (κ3) is 2.66. The molecule has 0 spiro atoms. The van der Waals surface area contributed by atoms with Crippen molar-refractivity contribution in [2.45, 2.75) is 39.8 Å². The zero-order valence-electron chi connectivity index (χ0n) is 12.0. The van der Waals surface area contributed by atoms with E-state index in [9.17, 15) is 0 Å². The lowest BCUT2D eigenvalue weighted by Crippen LogP contribution is -2.46. The van der Waals surface area contributed by atoms with Crippen LogP contribution in [0.3, 0.4) is 0 Å². The van der Waals surface area contributed by atoms with Crippen molar-refractivity contribution in [3.63, 3.8) is 0 Å². The second-order valence-corrected chi connectivity index (χ2v) is 5.75. The maximum Gasteiger partial charge on any atom is 0.0445 e. The van der Waals surface area contributed by atoms with Crippen LogP contribution >= 0.6 is 0 Å². The minimum Gasteiger partial charge on any atom is -0.368 e. The number of piperidine rings is 1. The summed E-state index contributed by atoms with van der Waals surface area (Å²) in [5, 5.41) is 3.23. The molecule has 1 saturated heterocycles. The number of nitrogens with zero attached hydrogens (tertiary/aromatic N) is 2. The zero-order valence-corrected chi connectivity index (χ0v) is 12.0. The number of nitrogens with one attached hydrogen (secondary N) is 1. The highest BCUT2D eigenvalue weighted by molar-refractivity contribution is 5.53. The molecule has 1 fully saturated rings. The molecule has 2 heterocycles. The molecular weight excluding hydrogens is 222 g/mol. The molecule has 1 aliphatic heterocycles. The van der Waals surface area contributed by atoms with Crippen LogP contribution < -0.4 is 10.2 Å². The Hall–Kier alpha value is -1.09. The van der Waals surface area contributed by atoms with Crippen LogP contribution in [0.15, 0.2) is 18.5 Å². The van der Waals surface area contributed by atoms with E-state index in [4.69, 9.17) is 0 Å². The zero-order chi connectivity index (χ0) is 13.1. The van der Waals surface area contributed by atoms with Gasteiger partial charge < -0.3 is 10.2 Å². The van der Waals surface area contributed by atoms with Crippen LogP contribution in [0, 0.1) is 11.8 Å². The quantitative estimate of drug-likeness (QED) is 0.890. The van der Waals surface area contributed by atoms with Crippen LogP contribution in [0.4, 0.5) is 5.69 Å². The van der Waals surface area contributed by atoms with Gasteiger partial charge in [0.05, 0.1) is 0 Å². The first kappa shape index (κ1) is 13.3. The van der Waals surface area contributed by atoms with Gasteiger partial charge in [-0.25, -0.2) is 0 Å². The fraction of sp³-hybridized carbons (Fsp3) is 0.667. The Morgan fingerprint density at radius 1 is 1.39 bits per heavy atom. The number of pyridine rings is 1. The van der Waals surface area contributed by atoms with Gasteiger partial charge in [0.25, 0.3) is 0 Å². The predicted molar refractivity (Wildman–Crippen MR) is 76.8 cm³/mol. The van der Waals surface area contributed by atoms with E-state index < -0.39 is 0 Å². The van der Waals surface area contributed by atoms with E-state index in [0.717, 1.165) is 24.9 Å². The highest BCUT2D eigenvalue weighted by atomic mass is 15.2. The fourth-order valence-corrected chi connectivity index (χ4v) is 3.06. The number of aromatic nitrogens is 1. The molecule has 3 heteroatoms. The van der Waals surface area contributed by atoms with Crippen LogP contribution in [0.2, 0.25) is 0 Å². The topological polar surface area (TPSA) is 28.2 Å². The Morgan fingerprint density at radius 3 is 2.89 bits per heavy atom. The maximum atomic E-state index is 4.26. The largest absolute Gasteiger partial charge is 0.368 e.